The molecule has 10 heteroatoms. The van der Waals surface area contributed by atoms with Gasteiger partial charge in [0.05, 0.1) is 23.3 Å². The van der Waals surface area contributed by atoms with Gasteiger partial charge in [-0.3, -0.25) is 4.79 Å². The molecule has 4 aromatic rings. The molecule has 5 atom stereocenters. The van der Waals surface area contributed by atoms with Crippen LogP contribution >= 0.6 is 0 Å². The third kappa shape index (κ3) is 8.44. The maximum absolute atomic E-state index is 13.4. The SMILES string of the molecule is CC(=O)NC1[C@H](OCc2ccccc2)OC(COC(=O)c2ccccc2)[C@@H](OC(=O)c2ccccc2)[C@@H]1OC(=O)c1ccccc1. The van der Waals surface area contributed by atoms with Gasteiger partial charge < -0.3 is 29.0 Å². The van der Waals surface area contributed by atoms with E-state index in [9.17, 15) is 19.2 Å². The van der Waals surface area contributed by atoms with Crippen molar-refractivity contribution in [1.29, 1.82) is 0 Å². The molecule has 0 saturated carbocycles. The summed E-state index contributed by atoms with van der Waals surface area (Å²) in [6, 6.07) is 33.0. The highest BCUT2D eigenvalue weighted by atomic mass is 16.7. The Labute approximate surface area is 266 Å². The number of carbonyl (C=O) groups excluding carboxylic acids is 4. The molecule has 10 nitrogen and oxygen atoms in total. The lowest BCUT2D eigenvalue weighted by Gasteiger charge is -2.45. The Morgan fingerprint density at radius 1 is 0.630 bits per heavy atom. The van der Waals surface area contributed by atoms with E-state index in [0.29, 0.717) is 5.56 Å². The third-order valence-corrected chi connectivity index (χ3v) is 7.17. The van der Waals surface area contributed by atoms with Gasteiger partial charge in [0.2, 0.25) is 5.91 Å². The first kappa shape index (κ1) is 32.1. The third-order valence-electron chi connectivity index (χ3n) is 7.17. The molecule has 4 aromatic carbocycles. The van der Waals surface area contributed by atoms with E-state index in [0.717, 1.165) is 5.56 Å². The quantitative estimate of drug-likeness (QED) is 0.186. The van der Waals surface area contributed by atoms with Crippen LogP contribution in [0.1, 0.15) is 43.6 Å². The molecule has 1 aliphatic rings. The van der Waals surface area contributed by atoms with Crippen molar-refractivity contribution in [1.82, 2.24) is 5.32 Å². The predicted octanol–water partition coefficient (Wildman–Crippen LogP) is 4.74. The van der Waals surface area contributed by atoms with E-state index < -0.39 is 61.1 Å². The van der Waals surface area contributed by atoms with Gasteiger partial charge in [0.25, 0.3) is 0 Å². The molecular formula is C36H33NO9. The Hall–Kier alpha value is -5.32. The van der Waals surface area contributed by atoms with Crippen LogP contribution in [0.15, 0.2) is 121 Å². The topological polar surface area (TPSA) is 126 Å². The largest absolute Gasteiger partial charge is 0.459 e. The molecule has 0 radical (unpaired) electrons. The van der Waals surface area contributed by atoms with Crippen LogP contribution < -0.4 is 5.32 Å². The summed E-state index contributed by atoms with van der Waals surface area (Å²) in [5.41, 5.74) is 1.58. The van der Waals surface area contributed by atoms with E-state index in [1.807, 2.05) is 30.3 Å². The average molecular weight is 624 g/mol. The van der Waals surface area contributed by atoms with Crippen molar-refractivity contribution in [3.05, 3.63) is 144 Å². The van der Waals surface area contributed by atoms with Gasteiger partial charge in [0, 0.05) is 6.92 Å². The van der Waals surface area contributed by atoms with Crippen LogP contribution in [-0.4, -0.2) is 61.1 Å². The second-order valence-corrected chi connectivity index (χ2v) is 10.5. The molecule has 5 rings (SSSR count). The molecule has 1 fully saturated rings. The summed E-state index contributed by atoms with van der Waals surface area (Å²) < 4.78 is 30.0. The molecule has 0 spiro atoms. The Bertz CT molecular complexity index is 1600. The van der Waals surface area contributed by atoms with Crippen LogP contribution in [0, 0.1) is 0 Å². The van der Waals surface area contributed by atoms with Crippen molar-refractivity contribution in [2.75, 3.05) is 6.61 Å². The zero-order valence-electron chi connectivity index (χ0n) is 25.0. The van der Waals surface area contributed by atoms with Gasteiger partial charge in [-0.05, 0) is 42.0 Å². The van der Waals surface area contributed by atoms with Crippen LogP contribution in [0.2, 0.25) is 0 Å². The molecule has 0 aromatic heterocycles. The molecule has 46 heavy (non-hydrogen) atoms. The molecule has 2 unspecified atom stereocenters. The first-order valence-electron chi connectivity index (χ1n) is 14.7. The van der Waals surface area contributed by atoms with Crippen LogP contribution in [-0.2, 0) is 35.1 Å². The number of hydrogen-bond acceptors (Lipinski definition) is 9. The lowest BCUT2D eigenvalue weighted by molar-refractivity contribution is -0.272. The van der Waals surface area contributed by atoms with Crippen LogP contribution in [0.3, 0.4) is 0 Å². The Kier molecular flexibility index (Phi) is 10.9. The van der Waals surface area contributed by atoms with Crippen LogP contribution in [0.25, 0.3) is 0 Å². The summed E-state index contributed by atoms with van der Waals surface area (Å²) in [6.45, 7) is 0.979. The van der Waals surface area contributed by atoms with Gasteiger partial charge >= 0.3 is 17.9 Å². The Morgan fingerprint density at radius 3 is 1.59 bits per heavy atom. The van der Waals surface area contributed by atoms with Crippen molar-refractivity contribution in [2.45, 2.75) is 44.2 Å². The van der Waals surface area contributed by atoms with Crippen molar-refractivity contribution >= 4 is 23.8 Å². The summed E-state index contributed by atoms with van der Waals surface area (Å²) >= 11 is 0. The zero-order chi connectivity index (χ0) is 32.3. The average Bonchev–Trinajstić information content (AvgIpc) is 3.09. The zero-order valence-corrected chi connectivity index (χ0v) is 25.0. The first-order chi connectivity index (χ1) is 22.4. The van der Waals surface area contributed by atoms with Gasteiger partial charge in [0.1, 0.15) is 18.8 Å². The fraction of sp³-hybridized carbons (Fsp3) is 0.222. The first-order valence-corrected chi connectivity index (χ1v) is 14.7. The minimum Gasteiger partial charge on any atom is -0.459 e. The summed E-state index contributed by atoms with van der Waals surface area (Å²) in [4.78, 5) is 52.3. The Morgan fingerprint density at radius 2 is 1.09 bits per heavy atom. The van der Waals surface area contributed by atoms with E-state index in [1.165, 1.54) is 6.92 Å². The van der Waals surface area contributed by atoms with E-state index >= 15 is 0 Å². The van der Waals surface area contributed by atoms with Crippen LogP contribution in [0.4, 0.5) is 0 Å². The standard InChI is InChI=1S/C36H33NO9/c1-24(38)37-30-32(46-35(41)28-20-12-5-13-21-28)31(45-34(40)27-18-10-4-11-19-27)29(23-42-33(39)26-16-8-3-9-17-26)44-36(30)43-22-25-14-6-2-7-15-25/h2-21,29-32,36H,22-23H2,1H3,(H,37,38)/t29?,30?,31-,32-,36-/m1/s1. The highest BCUT2D eigenvalue weighted by Gasteiger charge is 2.52. The summed E-state index contributed by atoms with van der Waals surface area (Å²) in [7, 11) is 0. The highest BCUT2D eigenvalue weighted by molar-refractivity contribution is 5.91. The lowest BCUT2D eigenvalue weighted by atomic mass is 9.95. The fourth-order valence-corrected chi connectivity index (χ4v) is 4.95. The monoisotopic (exact) mass is 623 g/mol. The van der Waals surface area contributed by atoms with Gasteiger partial charge in [-0.15, -0.1) is 0 Å². The number of amides is 1. The molecular weight excluding hydrogens is 590 g/mol. The van der Waals surface area contributed by atoms with Crippen molar-refractivity contribution in [3.63, 3.8) is 0 Å². The summed E-state index contributed by atoms with van der Waals surface area (Å²) in [5.74, 6) is -2.57. The van der Waals surface area contributed by atoms with E-state index in [1.54, 1.807) is 91.0 Å². The van der Waals surface area contributed by atoms with Crippen LogP contribution in [0.5, 0.6) is 0 Å². The molecule has 1 N–H and O–H groups in total. The molecule has 0 bridgehead atoms. The molecule has 1 heterocycles. The maximum Gasteiger partial charge on any atom is 0.338 e. The lowest BCUT2D eigenvalue weighted by Crippen LogP contribution is -2.66. The number of benzene rings is 4. The van der Waals surface area contributed by atoms with Gasteiger partial charge in [0.15, 0.2) is 18.5 Å². The number of rotatable bonds is 11. The molecule has 1 saturated heterocycles. The number of esters is 3. The molecule has 1 aliphatic heterocycles. The molecule has 0 aliphatic carbocycles. The number of nitrogens with one attached hydrogen (secondary N) is 1. The summed E-state index contributed by atoms with van der Waals surface area (Å²) in [5, 5.41) is 2.76. The van der Waals surface area contributed by atoms with Crippen molar-refractivity contribution in [3.8, 4) is 0 Å². The second kappa shape index (κ2) is 15.6. The van der Waals surface area contributed by atoms with E-state index in [2.05, 4.69) is 5.32 Å². The van der Waals surface area contributed by atoms with E-state index in [-0.39, 0.29) is 17.7 Å². The van der Waals surface area contributed by atoms with Gasteiger partial charge in [-0.25, -0.2) is 14.4 Å². The van der Waals surface area contributed by atoms with Crippen molar-refractivity contribution in [2.24, 2.45) is 0 Å². The normalized spacial score (nSPS) is 20.6. The van der Waals surface area contributed by atoms with Gasteiger partial charge in [-0.1, -0.05) is 84.9 Å². The number of hydrogen-bond donors (Lipinski definition) is 1. The van der Waals surface area contributed by atoms with Gasteiger partial charge in [-0.2, -0.15) is 0 Å². The maximum atomic E-state index is 13.4. The summed E-state index contributed by atoms with van der Waals surface area (Å²) in [6.07, 6.45) is -5.03. The molecule has 1 amide bonds. The number of ether oxygens (including phenoxy) is 5. The predicted molar refractivity (Wildman–Crippen MR) is 166 cm³/mol. The minimum absolute atomic E-state index is 0.0753. The van der Waals surface area contributed by atoms with Crippen molar-refractivity contribution < 1.29 is 42.9 Å². The highest BCUT2D eigenvalue weighted by Crippen LogP contribution is 2.30. The smallest absolute Gasteiger partial charge is 0.338 e. The molecule has 236 valence electrons. The minimum atomic E-state index is -1.34. The second-order valence-electron chi connectivity index (χ2n) is 10.5. The van der Waals surface area contributed by atoms with E-state index in [4.69, 9.17) is 23.7 Å². The number of carbonyl (C=O) groups is 4. The Balaban J connectivity index is 1.50. The fourth-order valence-electron chi connectivity index (χ4n) is 4.95.